The second-order valence-corrected chi connectivity index (χ2v) is 6.00. The van der Waals surface area contributed by atoms with E-state index in [-0.39, 0.29) is 4.90 Å². The van der Waals surface area contributed by atoms with Gasteiger partial charge in [0.15, 0.2) is 0 Å². The lowest BCUT2D eigenvalue weighted by Crippen LogP contribution is -2.15. The van der Waals surface area contributed by atoms with Gasteiger partial charge in [0.2, 0.25) is 0 Å². The van der Waals surface area contributed by atoms with Gasteiger partial charge in [-0.15, -0.1) is 0 Å². The molecule has 0 saturated carbocycles. The van der Waals surface area contributed by atoms with Gasteiger partial charge in [-0.25, -0.2) is 8.42 Å². The number of halogens is 1. The minimum absolute atomic E-state index is 0.202. The third-order valence-corrected chi connectivity index (χ3v) is 4.01. The molecule has 0 bridgehead atoms. The van der Waals surface area contributed by atoms with Crippen molar-refractivity contribution in [1.82, 2.24) is 9.78 Å². The average molecular weight is 316 g/mol. The van der Waals surface area contributed by atoms with Crippen molar-refractivity contribution in [3.63, 3.8) is 0 Å². The van der Waals surface area contributed by atoms with Gasteiger partial charge in [-0.2, -0.15) is 5.10 Å². The highest BCUT2D eigenvalue weighted by Crippen LogP contribution is 2.18. The summed E-state index contributed by atoms with van der Waals surface area (Å²) in [6, 6.07) is 8.10. The molecule has 0 amide bonds. The number of rotatable bonds is 3. The van der Waals surface area contributed by atoms with E-state index in [0.717, 1.165) is 0 Å². The van der Waals surface area contributed by atoms with E-state index in [9.17, 15) is 8.42 Å². The molecule has 17 heavy (non-hydrogen) atoms. The summed E-state index contributed by atoms with van der Waals surface area (Å²) in [4.78, 5) is 0.202. The van der Waals surface area contributed by atoms with Gasteiger partial charge in [0.1, 0.15) is 5.82 Å². The highest BCUT2D eigenvalue weighted by Gasteiger charge is 2.15. The molecule has 0 spiro atoms. The molecule has 0 fully saturated rings. The summed E-state index contributed by atoms with van der Waals surface area (Å²) in [7, 11) is -1.90. The van der Waals surface area contributed by atoms with E-state index in [1.165, 1.54) is 16.9 Å². The summed E-state index contributed by atoms with van der Waals surface area (Å²) >= 11 is 3.24. The van der Waals surface area contributed by atoms with Crippen LogP contribution < -0.4 is 4.72 Å². The van der Waals surface area contributed by atoms with Crippen LogP contribution in [0.5, 0.6) is 0 Å². The molecule has 0 radical (unpaired) electrons. The maximum atomic E-state index is 12.0. The SMILES string of the molecule is Cn1nccc1NS(=O)(=O)c1cccc(Br)c1. The first-order valence-corrected chi connectivity index (χ1v) is 7.03. The molecule has 1 N–H and O–H groups in total. The zero-order chi connectivity index (χ0) is 12.5. The number of nitrogens with one attached hydrogen (secondary N) is 1. The molecule has 90 valence electrons. The number of anilines is 1. The fourth-order valence-corrected chi connectivity index (χ4v) is 2.99. The van der Waals surface area contributed by atoms with Crippen molar-refractivity contribution >= 4 is 31.8 Å². The van der Waals surface area contributed by atoms with E-state index in [1.807, 2.05) is 0 Å². The fourth-order valence-electron chi connectivity index (χ4n) is 1.30. The van der Waals surface area contributed by atoms with E-state index >= 15 is 0 Å². The molecule has 2 aromatic rings. The molecule has 0 aliphatic heterocycles. The summed E-state index contributed by atoms with van der Waals surface area (Å²) in [5.41, 5.74) is 0. The van der Waals surface area contributed by atoms with Crippen molar-refractivity contribution in [2.75, 3.05) is 4.72 Å². The van der Waals surface area contributed by atoms with Crippen LogP contribution in [0.4, 0.5) is 5.82 Å². The lowest BCUT2D eigenvalue weighted by molar-refractivity contribution is 0.600. The highest BCUT2D eigenvalue weighted by atomic mass is 79.9. The molecule has 5 nitrogen and oxygen atoms in total. The normalized spacial score (nSPS) is 11.4. The van der Waals surface area contributed by atoms with Crippen LogP contribution in [0.3, 0.4) is 0 Å². The van der Waals surface area contributed by atoms with E-state index in [1.54, 1.807) is 31.3 Å². The number of nitrogens with zero attached hydrogens (tertiary/aromatic N) is 2. The van der Waals surface area contributed by atoms with Gasteiger partial charge < -0.3 is 0 Å². The van der Waals surface area contributed by atoms with Crippen LogP contribution in [0.1, 0.15) is 0 Å². The first kappa shape index (κ1) is 12.1. The molecule has 1 aromatic heterocycles. The quantitative estimate of drug-likeness (QED) is 0.942. The Kier molecular flexibility index (Phi) is 3.21. The van der Waals surface area contributed by atoms with Gasteiger partial charge in [0.05, 0.1) is 11.1 Å². The number of aromatic nitrogens is 2. The molecule has 0 saturated heterocycles. The third kappa shape index (κ3) is 2.67. The highest BCUT2D eigenvalue weighted by molar-refractivity contribution is 9.10. The van der Waals surface area contributed by atoms with Gasteiger partial charge in [0, 0.05) is 17.6 Å². The van der Waals surface area contributed by atoms with Crippen LogP contribution in [-0.4, -0.2) is 18.2 Å². The standard InChI is InChI=1S/C10H10BrN3O2S/c1-14-10(5-6-12-14)13-17(15,16)9-4-2-3-8(11)7-9/h2-7,13H,1H3. The number of benzene rings is 1. The van der Waals surface area contributed by atoms with Crippen molar-refractivity contribution in [2.45, 2.75) is 4.90 Å². The van der Waals surface area contributed by atoms with Crippen molar-refractivity contribution in [3.05, 3.63) is 41.0 Å². The number of sulfonamides is 1. The summed E-state index contributed by atoms with van der Waals surface area (Å²) in [5.74, 6) is 0.421. The summed E-state index contributed by atoms with van der Waals surface area (Å²) in [5, 5.41) is 3.89. The average Bonchev–Trinajstić information content (AvgIpc) is 2.64. The molecule has 0 aliphatic carbocycles. The topological polar surface area (TPSA) is 64.0 Å². The Bertz CT molecular complexity index is 637. The predicted molar refractivity (Wildman–Crippen MR) is 68.2 cm³/mol. The third-order valence-electron chi connectivity index (χ3n) is 2.17. The van der Waals surface area contributed by atoms with Gasteiger partial charge in [-0.1, -0.05) is 22.0 Å². The van der Waals surface area contributed by atoms with Crippen molar-refractivity contribution in [1.29, 1.82) is 0 Å². The number of hydrogen-bond donors (Lipinski definition) is 1. The second-order valence-electron chi connectivity index (χ2n) is 3.40. The molecule has 7 heteroatoms. The zero-order valence-electron chi connectivity index (χ0n) is 8.96. The summed E-state index contributed by atoms with van der Waals surface area (Å²) in [6.45, 7) is 0. The molecule has 0 aliphatic rings. The van der Waals surface area contributed by atoms with Crippen LogP contribution in [0, 0.1) is 0 Å². The Balaban J connectivity index is 2.35. The van der Waals surface area contributed by atoms with E-state index in [0.29, 0.717) is 10.3 Å². The fraction of sp³-hybridized carbons (Fsp3) is 0.100. The van der Waals surface area contributed by atoms with Gasteiger partial charge in [-0.05, 0) is 18.2 Å². The zero-order valence-corrected chi connectivity index (χ0v) is 11.4. The Hall–Kier alpha value is -1.34. The van der Waals surface area contributed by atoms with Gasteiger partial charge >= 0.3 is 0 Å². The Morgan fingerprint density at radius 2 is 2.12 bits per heavy atom. The van der Waals surface area contributed by atoms with Gasteiger partial charge in [0.25, 0.3) is 10.0 Å². The molecular weight excluding hydrogens is 306 g/mol. The second kappa shape index (κ2) is 4.50. The van der Waals surface area contributed by atoms with E-state index in [4.69, 9.17) is 0 Å². The molecular formula is C10H10BrN3O2S. The summed E-state index contributed by atoms with van der Waals surface area (Å²) in [6.07, 6.45) is 1.53. The first-order valence-electron chi connectivity index (χ1n) is 4.75. The lowest BCUT2D eigenvalue weighted by Gasteiger charge is -2.08. The largest absolute Gasteiger partial charge is 0.264 e. The molecule has 0 atom stereocenters. The van der Waals surface area contributed by atoms with Crippen LogP contribution in [-0.2, 0) is 17.1 Å². The Morgan fingerprint density at radius 1 is 1.35 bits per heavy atom. The minimum Gasteiger partial charge on any atom is -0.264 e. The minimum atomic E-state index is -3.57. The molecule has 1 heterocycles. The maximum absolute atomic E-state index is 12.0. The molecule has 1 aromatic carbocycles. The van der Waals surface area contributed by atoms with Crippen LogP contribution in [0.15, 0.2) is 45.9 Å². The smallest absolute Gasteiger partial charge is 0.263 e. The predicted octanol–water partition coefficient (Wildman–Crippen LogP) is 1.98. The summed E-state index contributed by atoms with van der Waals surface area (Å²) < 4.78 is 28.7. The number of hydrogen-bond acceptors (Lipinski definition) is 3. The van der Waals surface area contributed by atoms with Crippen LogP contribution >= 0.6 is 15.9 Å². The monoisotopic (exact) mass is 315 g/mol. The van der Waals surface area contributed by atoms with Crippen molar-refractivity contribution in [2.24, 2.45) is 7.05 Å². The van der Waals surface area contributed by atoms with Crippen molar-refractivity contribution in [3.8, 4) is 0 Å². The van der Waals surface area contributed by atoms with Crippen LogP contribution in [0.25, 0.3) is 0 Å². The van der Waals surface area contributed by atoms with Crippen LogP contribution in [0.2, 0.25) is 0 Å². The molecule has 2 rings (SSSR count). The van der Waals surface area contributed by atoms with E-state index < -0.39 is 10.0 Å². The van der Waals surface area contributed by atoms with Crippen molar-refractivity contribution < 1.29 is 8.42 Å². The Morgan fingerprint density at radius 3 is 2.71 bits per heavy atom. The lowest BCUT2D eigenvalue weighted by atomic mass is 10.4. The van der Waals surface area contributed by atoms with E-state index in [2.05, 4.69) is 25.8 Å². The Labute approximate surface area is 108 Å². The molecule has 0 unspecified atom stereocenters. The first-order chi connectivity index (χ1) is 7.99. The van der Waals surface area contributed by atoms with Gasteiger partial charge in [-0.3, -0.25) is 9.40 Å². The maximum Gasteiger partial charge on any atom is 0.263 e. The number of aryl methyl sites for hydroxylation is 1.